The van der Waals surface area contributed by atoms with E-state index in [0.717, 1.165) is 39.3 Å². The molecule has 150 valence electrons. The average Bonchev–Trinajstić information content (AvgIpc) is 2.71. The first kappa shape index (κ1) is 21.9. The largest absolute Gasteiger partial charge is 0.473 e. The molecule has 0 aliphatic carbocycles. The van der Waals surface area contributed by atoms with Gasteiger partial charge in [-0.15, -0.1) is 11.8 Å². The van der Waals surface area contributed by atoms with Gasteiger partial charge in [-0.2, -0.15) is 0 Å². The normalized spacial score (nSPS) is 14.8. The third-order valence-electron chi connectivity index (χ3n) is 4.32. The fraction of sp³-hybridized carbons (Fsp3) is 0.350. The second-order valence-electron chi connectivity index (χ2n) is 6.33. The number of piperazine rings is 1. The minimum absolute atomic E-state index is 0.969. The molecule has 0 unspecified atom stereocenters. The van der Waals surface area contributed by atoms with E-state index in [1.165, 1.54) is 16.2 Å². The van der Waals surface area contributed by atoms with Crippen molar-refractivity contribution in [3.05, 3.63) is 59.9 Å². The van der Waals surface area contributed by atoms with E-state index in [2.05, 4.69) is 57.4 Å². The number of carboxylic acids is 2. The topological polar surface area (TPSA) is 94.0 Å². The maximum absolute atomic E-state index is 9.10. The van der Waals surface area contributed by atoms with Gasteiger partial charge in [0.1, 0.15) is 0 Å². The first-order valence-corrected chi connectivity index (χ1v) is 10.1. The Morgan fingerprint density at radius 2 is 1.50 bits per heavy atom. The minimum atomic E-state index is -1.82. The van der Waals surface area contributed by atoms with Gasteiger partial charge in [-0.1, -0.05) is 18.2 Å². The highest BCUT2D eigenvalue weighted by Crippen LogP contribution is 2.16. The van der Waals surface area contributed by atoms with Gasteiger partial charge in [-0.3, -0.25) is 14.8 Å². The molecule has 1 aliphatic heterocycles. The van der Waals surface area contributed by atoms with Crippen molar-refractivity contribution in [3.63, 3.8) is 0 Å². The molecule has 1 fully saturated rings. The Hall–Kier alpha value is -2.42. The van der Waals surface area contributed by atoms with E-state index in [0.29, 0.717) is 0 Å². The van der Waals surface area contributed by atoms with Crippen LogP contribution in [0.1, 0.15) is 11.3 Å². The van der Waals surface area contributed by atoms with Crippen LogP contribution in [0.5, 0.6) is 0 Å². The number of rotatable bonds is 5. The molecular weight excluding hydrogens is 378 g/mol. The number of hydrogen-bond donors (Lipinski definition) is 2. The van der Waals surface area contributed by atoms with Crippen LogP contribution in [0.25, 0.3) is 0 Å². The minimum Gasteiger partial charge on any atom is -0.473 e. The lowest BCUT2D eigenvalue weighted by atomic mass is 10.2. The number of carboxylic acid groups (broad SMARTS) is 2. The zero-order chi connectivity index (χ0) is 20.4. The molecule has 0 spiro atoms. The lowest BCUT2D eigenvalue weighted by Gasteiger charge is -2.34. The van der Waals surface area contributed by atoms with Gasteiger partial charge in [0.2, 0.25) is 0 Å². The van der Waals surface area contributed by atoms with Crippen molar-refractivity contribution in [2.45, 2.75) is 18.0 Å². The summed E-state index contributed by atoms with van der Waals surface area (Å²) >= 11 is 1.80. The second-order valence-corrected chi connectivity index (χ2v) is 7.21. The molecule has 0 atom stereocenters. The lowest BCUT2D eigenvalue weighted by molar-refractivity contribution is -0.159. The van der Waals surface area contributed by atoms with Crippen LogP contribution in [-0.2, 0) is 22.7 Å². The third-order valence-corrected chi connectivity index (χ3v) is 5.07. The number of aliphatic carboxylic acids is 2. The van der Waals surface area contributed by atoms with Crippen molar-refractivity contribution in [2.75, 3.05) is 32.4 Å². The van der Waals surface area contributed by atoms with E-state index in [1.807, 2.05) is 12.3 Å². The molecule has 28 heavy (non-hydrogen) atoms. The molecule has 1 saturated heterocycles. The van der Waals surface area contributed by atoms with Gasteiger partial charge in [0.05, 0.1) is 5.69 Å². The molecule has 3 rings (SSSR count). The number of hydrogen-bond acceptors (Lipinski definition) is 6. The number of pyridine rings is 1. The van der Waals surface area contributed by atoms with Crippen molar-refractivity contribution >= 4 is 23.7 Å². The van der Waals surface area contributed by atoms with E-state index in [9.17, 15) is 0 Å². The Labute approximate surface area is 169 Å². The molecule has 1 aromatic carbocycles. The number of carbonyl (C=O) groups is 2. The molecule has 1 aliphatic rings. The Morgan fingerprint density at radius 1 is 0.929 bits per heavy atom. The summed E-state index contributed by atoms with van der Waals surface area (Å²) in [7, 11) is 0. The van der Waals surface area contributed by atoms with E-state index in [4.69, 9.17) is 19.8 Å². The van der Waals surface area contributed by atoms with Crippen LogP contribution >= 0.6 is 11.8 Å². The standard InChI is InChI=1S/C18H23N3S.C2H2O4/c1-22-18-7-5-16(6-8-18)14-20-10-12-21(13-11-20)15-17-4-2-3-9-19-17;3-1(4)2(5)6/h2-9H,10-15H2,1H3;(H,3,4)(H,5,6). The van der Waals surface area contributed by atoms with Crippen molar-refractivity contribution in [3.8, 4) is 0 Å². The molecule has 8 heteroatoms. The number of aromatic nitrogens is 1. The molecule has 0 radical (unpaired) electrons. The highest BCUT2D eigenvalue weighted by Gasteiger charge is 2.17. The Morgan fingerprint density at radius 3 is 1.96 bits per heavy atom. The average molecular weight is 404 g/mol. The van der Waals surface area contributed by atoms with Crippen molar-refractivity contribution < 1.29 is 19.8 Å². The first-order valence-electron chi connectivity index (χ1n) is 8.91. The van der Waals surface area contributed by atoms with E-state index >= 15 is 0 Å². The number of thioether (sulfide) groups is 1. The molecule has 0 bridgehead atoms. The summed E-state index contributed by atoms with van der Waals surface area (Å²) in [5, 5.41) is 14.8. The fourth-order valence-electron chi connectivity index (χ4n) is 2.82. The first-order chi connectivity index (χ1) is 13.5. The van der Waals surface area contributed by atoms with Gasteiger partial charge < -0.3 is 10.2 Å². The van der Waals surface area contributed by atoms with Crippen molar-refractivity contribution in [2.24, 2.45) is 0 Å². The van der Waals surface area contributed by atoms with Crippen LogP contribution in [-0.4, -0.2) is 69.4 Å². The van der Waals surface area contributed by atoms with E-state index < -0.39 is 11.9 Å². The van der Waals surface area contributed by atoms with Crippen LogP contribution in [0.2, 0.25) is 0 Å². The molecule has 2 aromatic rings. The number of nitrogens with zero attached hydrogens (tertiary/aromatic N) is 3. The number of benzene rings is 1. The van der Waals surface area contributed by atoms with Gasteiger partial charge in [0, 0.05) is 50.4 Å². The zero-order valence-electron chi connectivity index (χ0n) is 15.8. The summed E-state index contributed by atoms with van der Waals surface area (Å²) in [6, 6.07) is 15.1. The molecular formula is C20H25N3O4S. The Bertz CT molecular complexity index is 736. The summed E-state index contributed by atoms with van der Waals surface area (Å²) in [4.78, 5) is 29.0. The summed E-state index contributed by atoms with van der Waals surface area (Å²) in [5.74, 6) is -3.65. The van der Waals surface area contributed by atoms with E-state index in [-0.39, 0.29) is 0 Å². The van der Waals surface area contributed by atoms with Gasteiger partial charge in [-0.25, -0.2) is 9.59 Å². The predicted octanol–water partition coefficient (Wildman–Crippen LogP) is 2.28. The smallest absolute Gasteiger partial charge is 0.414 e. The van der Waals surface area contributed by atoms with Gasteiger partial charge in [0.15, 0.2) is 0 Å². The van der Waals surface area contributed by atoms with Crippen LogP contribution in [0.3, 0.4) is 0 Å². The highest BCUT2D eigenvalue weighted by molar-refractivity contribution is 7.98. The van der Waals surface area contributed by atoms with E-state index in [1.54, 1.807) is 11.8 Å². The maximum Gasteiger partial charge on any atom is 0.414 e. The van der Waals surface area contributed by atoms with Crippen LogP contribution in [0, 0.1) is 0 Å². The fourth-order valence-corrected chi connectivity index (χ4v) is 3.22. The third kappa shape index (κ3) is 7.67. The summed E-state index contributed by atoms with van der Waals surface area (Å²) in [6.45, 7) is 6.55. The molecule has 1 aromatic heterocycles. The zero-order valence-corrected chi connectivity index (χ0v) is 16.6. The molecule has 2 heterocycles. The Balaban J connectivity index is 0.000000409. The SMILES string of the molecule is CSc1ccc(CN2CCN(Cc3ccccn3)CC2)cc1.O=C(O)C(=O)O. The van der Waals surface area contributed by atoms with Gasteiger partial charge >= 0.3 is 11.9 Å². The molecule has 0 amide bonds. The quantitative estimate of drug-likeness (QED) is 0.580. The van der Waals surface area contributed by atoms with Crippen LogP contribution in [0.4, 0.5) is 0 Å². The summed E-state index contributed by atoms with van der Waals surface area (Å²) in [6.07, 6.45) is 4.00. The second kappa shape index (κ2) is 11.4. The van der Waals surface area contributed by atoms with Crippen LogP contribution in [0.15, 0.2) is 53.6 Å². The molecule has 0 saturated carbocycles. The van der Waals surface area contributed by atoms with Crippen molar-refractivity contribution in [1.29, 1.82) is 0 Å². The monoisotopic (exact) mass is 403 g/mol. The Kier molecular flexibility index (Phi) is 8.93. The van der Waals surface area contributed by atoms with Crippen molar-refractivity contribution in [1.82, 2.24) is 14.8 Å². The highest BCUT2D eigenvalue weighted by atomic mass is 32.2. The van der Waals surface area contributed by atoms with Gasteiger partial charge in [0.25, 0.3) is 0 Å². The maximum atomic E-state index is 9.10. The molecule has 7 nitrogen and oxygen atoms in total. The summed E-state index contributed by atoms with van der Waals surface area (Å²) < 4.78 is 0. The van der Waals surface area contributed by atoms with Gasteiger partial charge in [-0.05, 0) is 36.1 Å². The van der Waals surface area contributed by atoms with Crippen LogP contribution < -0.4 is 0 Å². The summed E-state index contributed by atoms with van der Waals surface area (Å²) in [5.41, 5.74) is 2.58. The predicted molar refractivity (Wildman–Crippen MR) is 108 cm³/mol. The molecule has 2 N–H and O–H groups in total. The lowest BCUT2D eigenvalue weighted by Crippen LogP contribution is -2.45.